The SMILES string of the molecule is CCN(CC(C)C(=O)O)CC1CSc2ccccc21. The maximum atomic E-state index is 11.0. The molecule has 2 unspecified atom stereocenters. The molecule has 1 aromatic carbocycles. The number of thioether (sulfide) groups is 1. The highest BCUT2D eigenvalue weighted by Gasteiger charge is 2.25. The molecule has 1 aromatic rings. The zero-order chi connectivity index (χ0) is 13.8. The smallest absolute Gasteiger partial charge is 0.307 e. The molecule has 2 rings (SSSR count). The first-order chi connectivity index (χ1) is 9.11. The first kappa shape index (κ1) is 14.4. The standard InChI is InChI=1S/C15H21NO2S/c1-3-16(8-11(2)15(17)18)9-12-10-19-14-7-5-4-6-13(12)14/h4-7,11-12H,3,8-10H2,1-2H3,(H,17,18). The van der Waals surface area contributed by atoms with Gasteiger partial charge in [-0.15, -0.1) is 11.8 Å². The van der Waals surface area contributed by atoms with E-state index in [1.807, 2.05) is 11.8 Å². The Labute approximate surface area is 119 Å². The molecule has 1 N–H and O–H groups in total. The summed E-state index contributed by atoms with van der Waals surface area (Å²) in [6.07, 6.45) is 0. The predicted octanol–water partition coefficient (Wildman–Crippen LogP) is 2.92. The minimum Gasteiger partial charge on any atom is -0.481 e. The molecule has 1 aliphatic rings. The molecule has 19 heavy (non-hydrogen) atoms. The number of fused-ring (bicyclic) bond motifs is 1. The Kier molecular flexibility index (Phi) is 4.88. The van der Waals surface area contributed by atoms with Crippen molar-refractivity contribution in [2.24, 2.45) is 5.92 Å². The van der Waals surface area contributed by atoms with Gasteiger partial charge in [0, 0.05) is 29.7 Å². The van der Waals surface area contributed by atoms with Crippen molar-refractivity contribution in [3.05, 3.63) is 29.8 Å². The third kappa shape index (κ3) is 3.51. The first-order valence-corrected chi connectivity index (χ1v) is 7.77. The fourth-order valence-corrected chi connectivity index (χ4v) is 3.73. The van der Waals surface area contributed by atoms with Crippen LogP contribution >= 0.6 is 11.8 Å². The molecule has 3 nitrogen and oxygen atoms in total. The summed E-state index contributed by atoms with van der Waals surface area (Å²) in [4.78, 5) is 14.6. The largest absolute Gasteiger partial charge is 0.481 e. The lowest BCUT2D eigenvalue weighted by molar-refractivity contribution is -0.141. The Morgan fingerprint density at radius 1 is 1.53 bits per heavy atom. The van der Waals surface area contributed by atoms with Crippen LogP contribution in [0.5, 0.6) is 0 Å². The van der Waals surface area contributed by atoms with Crippen molar-refractivity contribution in [2.75, 3.05) is 25.4 Å². The monoisotopic (exact) mass is 279 g/mol. The molecule has 0 amide bonds. The summed E-state index contributed by atoms with van der Waals surface area (Å²) in [7, 11) is 0. The van der Waals surface area contributed by atoms with Crippen molar-refractivity contribution >= 4 is 17.7 Å². The van der Waals surface area contributed by atoms with Gasteiger partial charge in [-0.1, -0.05) is 32.0 Å². The minimum atomic E-state index is -0.709. The van der Waals surface area contributed by atoms with Crippen LogP contribution in [0.25, 0.3) is 0 Å². The second-order valence-electron chi connectivity index (χ2n) is 5.14. The lowest BCUT2D eigenvalue weighted by atomic mass is 10.00. The summed E-state index contributed by atoms with van der Waals surface area (Å²) in [6, 6.07) is 8.55. The molecule has 0 aliphatic carbocycles. The number of carboxylic acid groups (broad SMARTS) is 1. The molecule has 2 atom stereocenters. The molecule has 0 saturated heterocycles. The fourth-order valence-electron chi connectivity index (χ4n) is 2.49. The molecule has 0 aromatic heterocycles. The van der Waals surface area contributed by atoms with E-state index < -0.39 is 5.97 Å². The van der Waals surface area contributed by atoms with Gasteiger partial charge in [0.2, 0.25) is 0 Å². The number of likely N-dealkylation sites (N-methyl/N-ethyl adjacent to an activating group) is 1. The highest BCUT2D eigenvalue weighted by atomic mass is 32.2. The molecule has 0 radical (unpaired) electrons. The Morgan fingerprint density at radius 3 is 2.95 bits per heavy atom. The molecule has 0 bridgehead atoms. The van der Waals surface area contributed by atoms with Crippen molar-refractivity contribution in [1.82, 2.24) is 4.90 Å². The molecular formula is C15H21NO2S. The first-order valence-electron chi connectivity index (χ1n) is 6.78. The number of hydrogen-bond donors (Lipinski definition) is 1. The predicted molar refractivity (Wildman–Crippen MR) is 78.8 cm³/mol. The molecule has 4 heteroatoms. The zero-order valence-corrected chi connectivity index (χ0v) is 12.3. The summed E-state index contributed by atoms with van der Waals surface area (Å²) in [5.74, 6) is 0.628. The van der Waals surface area contributed by atoms with Crippen LogP contribution in [0.2, 0.25) is 0 Å². The van der Waals surface area contributed by atoms with Crippen LogP contribution in [0, 0.1) is 5.92 Å². The number of rotatable bonds is 6. The molecule has 1 aliphatic heterocycles. The summed E-state index contributed by atoms with van der Waals surface area (Å²) >= 11 is 1.91. The third-order valence-corrected chi connectivity index (χ3v) is 4.93. The van der Waals surface area contributed by atoms with Gasteiger partial charge in [0.25, 0.3) is 0 Å². The molecule has 0 saturated carbocycles. The van der Waals surface area contributed by atoms with Gasteiger partial charge in [0.05, 0.1) is 5.92 Å². The number of aliphatic carboxylic acids is 1. The van der Waals surface area contributed by atoms with Crippen LogP contribution in [-0.2, 0) is 4.79 Å². The highest BCUT2D eigenvalue weighted by Crippen LogP contribution is 2.39. The second-order valence-corrected chi connectivity index (χ2v) is 6.20. The van der Waals surface area contributed by atoms with Gasteiger partial charge in [0.1, 0.15) is 0 Å². The van der Waals surface area contributed by atoms with Crippen molar-refractivity contribution in [1.29, 1.82) is 0 Å². The van der Waals surface area contributed by atoms with E-state index in [4.69, 9.17) is 5.11 Å². The number of carboxylic acids is 1. The fraction of sp³-hybridized carbons (Fsp3) is 0.533. The number of hydrogen-bond acceptors (Lipinski definition) is 3. The van der Waals surface area contributed by atoms with Crippen molar-refractivity contribution in [2.45, 2.75) is 24.7 Å². The number of benzene rings is 1. The van der Waals surface area contributed by atoms with Gasteiger partial charge in [-0.2, -0.15) is 0 Å². The van der Waals surface area contributed by atoms with Crippen LogP contribution in [0.4, 0.5) is 0 Å². The van der Waals surface area contributed by atoms with Crippen LogP contribution < -0.4 is 0 Å². The van der Waals surface area contributed by atoms with E-state index in [1.54, 1.807) is 6.92 Å². The lowest BCUT2D eigenvalue weighted by Gasteiger charge is -2.25. The molecule has 104 valence electrons. The Bertz CT molecular complexity index is 450. The average Bonchev–Trinajstić information content (AvgIpc) is 2.81. The summed E-state index contributed by atoms with van der Waals surface area (Å²) in [5, 5.41) is 9.01. The van der Waals surface area contributed by atoms with Gasteiger partial charge in [0.15, 0.2) is 0 Å². The summed E-state index contributed by atoms with van der Waals surface area (Å²) in [6.45, 7) is 6.37. The Balaban J connectivity index is 1.98. The maximum absolute atomic E-state index is 11.0. The quantitative estimate of drug-likeness (QED) is 0.869. The van der Waals surface area contributed by atoms with E-state index in [0.717, 1.165) is 18.8 Å². The van der Waals surface area contributed by atoms with Gasteiger partial charge in [-0.25, -0.2) is 0 Å². The van der Waals surface area contributed by atoms with Crippen LogP contribution in [0.15, 0.2) is 29.2 Å². The topological polar surface area (TPSA) is 40.5 Å². The van der Waals surface area contributed by atoms with Crippen molar-refractivity contribution in [3.63, 3.8) is 0 Å². The van der Waals surface area contributed by atoms with Crippen molar-refractivity contribution < 1.29 is 9.90 Å². The zero-order valence-electron chi connectivity index (χ0n) is 11.5. The number of nitrogens with zero attached hydrogens (tertiary/aromatic N) is 1. The van der Waals surface area contributed by atoms with Crippen LogP contribution in [0.1, 0.15) is 25.3 Å². The van der Waals surface area contributed by atoms with Crippen LogP contribution in [0.3, 0.4) is 0 Å². The Hall–Kier alpha value is -1.00. The van der Waals surface area contributed by atoms with Gasteiger partial charge < -0.3 is 10.0 Å². The van der Waals surface area contributed by atoms with E-state index in [-0.39, 0.29) is 5.92 Å². The lowest BCUT2D eigenvalue weighted by Crippen LogP contribution is -2.35. The Morgan fingerprint density at radius 2 is 2.26 bits per heavy atom. The second kappa shape index (κ2) is 6.44. The number of carbonyl (C=O) groups is 1. The van der Waals surface area contributed by atoms with Gasteiger partial charge in [-0.3, -0.25) is 4.79 Å². The summed E-state index contributed by atoms with van der Waals surface area (Å²) in [5.41, 5.74) is 1.42. The molecular weight excluding hydrogens is 258 g/mol. The minimum absolute atomic E-state index is 0.302. The van der Waals surface area contributed by atoms with E-state index in [9.17, 15) is 4.79 Å². The normalized spacial score (nSPS) is 19.4. The van der Waals surface area contributed by atoms with E-state index in [0.29, 0.717) is 12.5 Å². The third-order valence-electron chi connectivity index (χ3n) is 3.68. The highest BCUT2D eigenvalue weighted by molar-refractivity contribution is 7.99. The molecule has 1 heterocycles. The van der Waals surface area contributed by atoms with E-state index >= 15 is 0 Å². The average molecular weight is 279 g/mol. The summed E-state index contributed by atoms with van der Waals surface area (Å²) < 4.78 is 0. The van der Waals surface area contributed by atoms with E-state index in [2.05, 4.69) is 36.1 Å². The van der Waals surface area contributed by atoms with Gasteiger partial charge in [-0.05, 0) is 18.2 Å². The van der Waals surface area contributed by atoms with Gasteiger partial charge >= 0.3 is 5.97 Å². The maximum Gasteiger partial charge on any atom is 0.307 e. The van der Waals surface area contributed by atoms with Crippen LogP contribution in [-0.4, -0.2) is 41.4 Å². The molecule has 0 fully saturated rings. The van der Waals surface area contributed by atoms with E-state index in [1.165, 1.54) is 10.5 Å². The molecule has 0 spiro atoms. The van der Waals surface area contributed by atoms with Crippen molar-refractivity contribution in [3.8, 4) is 0 Å².